The first-order valence-corrected chi connectivity index (χ1v) is 7.99. The van der Waals surface area contributed by atoms with E-state index >= 15 is 0 Å². The third-order valence-corrected chi connectivity index (χ3v) is 3.96. The Morgan fingerprint density at radius 2 is 2.00 bits per heavy atom. The SMILES string of the molecule is CNC(=O)CCc1ccccc1NC(=O)c1c(C)nc2ncccn12. The summed E-state index contributed by atoms with van der Waals surface area (Å²) >= 11 is 0. The van der Waals surface area contributed by atoms with E-state index in [4.69, 9.17) is 0 Å². The average Bonchev–Trinajstić information content (AvgIpc) is 2.96. The molecule has 0 aliphatic heterocycles. The van der Waals surface area contributed by atoms with Gasteiger partial charge in [-0.25, -0.2) is 9.97 Å². The zero-order valence-corrected chi connectivity index (χ0v) is 14.1. The molecule has 0 aliphatic carbocycles. The number of hydrogen-bond donors (Lipinski definition) is 2. The molecule has 1 aromatic carbocycles. The van der Waals surface area contributed by atoms with E-state index in [1.807, 2.05) is 24.3 Å². The molecule has 0 bridgehead atoms. The maximum atomic E-state index is 12.8. The first-order chi connectivity index (χ1) is 12.1. The highest BCUT2D eigenvalue weighted by atomic mass is 16.2. The van der Waals surface area contributed by atoms with E-state index in [0.29, 0.717) is 35.7 Å². The van der Waals surface area contributed by atoms with E-state index in [1.165, 1.54) is 0 Å². The number of hydrogen-bond acceptors (Lipinski definition) is 4. The molecule has 2 N–H and O–H groups in total. The molecule has 0 saturated heterocycles. The summed E-state index contributed by atoms with van der Waals surface area (Å²) < 4.78 is 1.66. The van der Waals surface area contributed by atoms with Gasteiger partial charge in [-0.2, -0.15) is 0 Å². The maximum Gasteiger partial charge on any atom is 0.274 e. The van der Waals surface area contributed by atoms with Crippen molar-refractivity contribution in [2.45, 2.75) is 19.8 Å². The largest absolute Gasteiger partial charge is 0.359 e. The van der Waals surface area contributed by atoms with Gasteiger partial charge in [-0.05, 0) is 31.0 Å². The Hall–Kier alpha value is -3.22. The van der Waals surface area contributed by atoms with E-state index < -0.39 is 0 Å². The van der Waals surface area contributed by atoms with Gasteiger partial charge in [0.1, 0.15) is 5.69 Å². The van der Waals surface area contributed by atoms with Crippen LogP contribution in [0.5, 0.6) is 0 Å². The van der Waals surface area contributed by atoms with Crippen molar-refractivity contribution in [2.24, 2.45) is 0 Å². The highest BCUT2D eigenvalue weighted by Crippen LogP contribution is 2.19. The van der Waals surface area contributed by atoms with Gasteiger partial charge in [0.15, 0.2) is 0 Å². The molecular formula is C18H19N5O2. The van der Waals surface area contributed by atoms with Gasteiger partial charge in [0.2, 0.25) is 11.7 Å². The van der Waals surface area contributed by atoms with Crippen LogP contribution < -0.4 is 10.6 Å². The van der Waals surface area contributed by atoms with E-state index in [1.54, 1.807) is 36.8 Å². The van der Waals surface area contributed by atoms with Gasteiger partial charge in [-0.1, -0.05) is 18.2 Å². The molecule has 0 spiro atoms. The van der Waals surface area contributed by atoms with Crippen molar-refractivity contribution in [3.05, 3.63) is 59.7 Å². The Kier molecular flexibility index (Phi) is 4.74. The number of anilines is 1. The number of para-hydroxylation sites is 1. The Balaban J connectivity index is 1.86. The predicted molar refractivity (Wildman–Crippen MR) is 94.5 cm³/mol. The minimum absolute atomic E-state index is 0.0372. The fourth-order valence-corrected chi connectivity index (χ4v) is 2.69. The number of nitrogens with zero attached hydrogens (tertiary/aromatic N) is 3. The van der Waals surface area contributed by atoms with Gasteiger partial charge in [0, 0.05) is 31.5 Å². The summed E-state index contributed by atoms with van der Waals surface area (Å²) in [4.78, 5) is 32.7. The normalized spacial score (nSPS) is 10.6. The molecule has 0 radical (unpaired) electrons. The second-order valence-corrected chi connectivity index (χ2v) is 5.62. The van der Waals surface area contributed by atoms with Crippen LogP contribution in [-0.2, 0) is 11.2 Å². The van der Waals surface area contributed by atoms with Crippen molar-refractivity contribution in [1.29, 1.82) is 0 Å². The van der Waals surface area contributed by atoms with Gasteiger partial charge in [0.25, 0.3) is 5.91 Å². The van der Waals surface area contributed by atoms with Crippen LogP contribution in [0.3, 0.4) is 0 Å². The summed E-state index contributed by atoms with van der Waals surface area (Å²) in [5, 5.41) is 5.53. The zero-order chi connectivity index (χ0) is 17.8. The van der Waals surface area contributed by atoms with Crippen LogP contribution in [0.25, 0.3) is 5.78 Å². The highest BCUT2D eigenvalue weighted by Gasteiger charge is 2.18. The van der Waals surface area contributed by atoms with Crippen LogP contribution in [0.2, 0.25) is 0 Å². The van der Waals surface area contributed by atoms with Crippen molar-refractivity contribution in [3.8, 4) is 0 Å². The Bertz CT molecular complexity index is 932. The quantitative estimate of drug-likeness (QED) is 0.745. The molecule has 0 atom stereocenters. The van der Waals surface area contributed by atoms with Crippen molar-refractivity contribution in [3.63, 3.8) is 0 Å². The second kappa shape index (κ2) is 7.12. The van der Waals surface area contributed by atoms with Crippen LogP contribution in [0.4, 0.5) is 5.69 Å². The van der Waals surface area contributed by atoms with Crippen molar-refractivity contribution in [2.75, 3.05) is 12.4 Å². The monoisotopic (exact) mass is 337 g/mol. The molecule has 0 fully saturated rings. The third kappa shape index (κ3) is 3.50. The molecule has 25 heavy (non-hydrogen) atoms. The minimum atomic E-state index is -0.259. The smallest absolute Gasteiger partial charge is 0.274 e. The molecule has 0 saturated carbocycles. The summed E-state index contributed by atoms with van der Waals surface area (Å²) in [6.07, 6.45) is 4.30. The first-order valence-electron chi connectivity index (χ1n) is 7.99. The first kappa shape index (κ1) is 16.6. The summed E-state index contributed by atoms with van der Waals surface area (Å²) in [7, 11) is 1.61. The number of nitrogens with one attached hydrogen (secondary N) is 2. The molecule has 3 rings (SSSR count). The summed E-state index contributed by atoms with van der Waals surface area (Å²) in [5.74, 6) is 0.188. The van der Waals surface area contributed by atoms with E-state index in [-0.39, 0.29) is 11.8 Å². The number of imidazole rings is 1. The molecule has 2 amide bonds. The standard InChI is InChI=1S/C18H19N5O2/c1-12-16(23-11-5-10-20-18(23)21-12)17(25)22-14-7-4-3-6-13(14)8-9-15(24)19-2/h3-7,10-11H,8-9H2,1-2H3,(H,19,24)(H,22,25). The summed E-state index contributed by atoms with van der Waals surface area (Å²) in [6.45, 7) is 1.78. The summed E-state index contributed by atoms with van der Waals surface area (Å²) in [6, 6.07) is 9.22. The molecule has 0 unspecified atom stereocenters. The molecule has 7 heteroatoms. The van der Waals surface area contributed by atoms with Crippen LogP contribution in [0, 0.1) is 6.92 Å². The molecule has 2 heterocycles. The predicted octanol–water partition coefficient (Wildman–Crippen LogP) is 1.97. The van der Waals surface area contributed by atoms with Gasteiger partial charge in [-0.3, -0.25) is 14.0 Å². The third-order valence-electron chi connectivity index (χ3n) is 3.96. The number of aromatic nitrogens is 3. The Morgan fingerprint density at radius 1 is 1.20 bits per heavy atom. The van der Waals surface area contributed by atoms with Gasteiger partial charge in [0.05, 0.1) is 5.69 Å². The number of amides is 2. The highest BCUT2D eigenvalue weighted by molar-refractivity contribution is 6.04. The fraction of sp³-hybridized carbons (Fsp3) is 0.222. The lowest BCUT2D eigenvalue weighted by Crippen LogP contribution is -2.19. The minimum Gasteiger partial charge on any atom is -0.359 e. The van der Waals surface area contributed by atoms with Gasteiger partial charge < -0.3 is 10.6 Å². The average molecular weight is 337 g/mol. The lowest BCUT2D eigenvalue weighted by atomic mass is 10.1. The number of benzene rings is 1. The van der Waals surface area contributed by atoms with Crippen molar-refractivity contribution >= 4 is 23.3 Å². The van der Waals surface area contributed by atoms with E-state index in [2.05, 4.69) is 20.6 Å². The van der Waals surface area contributed by atoms with Gasteiger partial charge in [-0.15, -0.1) is 0 Å². The summed E-state index contributed by atoms with van der Waals surface area (Å²) in [5.41, 5.74) is 2.65. The molecule has 128 valence electrons. The number of carbonyl (C=O) groups is 2. The van der Waals surface area contributed by atoms with Crippen molar-refractivity contribution < 1.29 is 9.59 Å². The van der Waals surface area contributed by atoms with Crippen LogP contribution in [-0.4, -0.2) is 33.2 Å². The number of carbonyl (C=O) groups excluding carboxylic acids is 2. The molecule has 3 aromatic rings. The van der Waals surface area contributed by atoms with Crippen LogP contribution in [0.15, 0.2) is 42.7 Å². The zero-order valence-electron chi connectivity index (χ0n) is 14.1. The molecule has 7 nitrogen and oxygen atoms in total. The van der Waals surface area contributed by atoms with E-state index in [9.17, 15) is 9.59 Å². The fourth-order valence-electron chi connectivity index (χ4n) is 2.69. The Morgan fingerprint density at radius 3 is 2.80 bits per heavy atom. The lowest BCUT2D eigenvalue weighted by molar-refractivity contribution is -0.120. The van der Waals surface area contributed by atoms with Crippen LogP contribution in [0.1, 0.15) is 28.2 Å². The number of fused-ring (bicyclic) bond motifs is 1. The maximum absolute atomic E-state index is 12.8. The second-order valence-electron chi connectivity index (χ2n) is 5.62. The van der Waals surface area contributed by atoms with Gasteiger partial charge >= 0.3 is 0 Å². The lowest BCUT2D eigenvalue weighted by Gasteiger charge is -2.11. The molecule has 0 aliphatic rings. The molecular weight excluding hydrogens is 318 g/mol. The number of aryl methyl sites for hydroxylation is 2. The topological polar surface area (TPSA) is 88.4 Å². The van der Waals surface area contributed by atoms with Crippen LogP contribution >= 0.6 is 0 Å². The Labute approximate surface area is 145 Å². The molecule has 2 aromatic heterocycles. The van der Waals surface area contributed by atoms with Crippen molar-refractivity contribution in [1.82, 2.24) is 19.7 Å². The number of rotatable bonds is 5. The van der Waals surface area contributed by atoms with E-state index in [0.717, 1.165) is 5.56 Å².